The van der Waals surface area contributed by atoms with Crippen molar-refractivity contribution in [1.82, 2.24) is 4.98 Å². The van der Waals surface area contributed by atoms with E-state index in [1.165, 1.54) is 6.42 Å². The largest absolute Gasteiger partial charge is 0.395 e. The van der Waals surface area contributed by atoms with Crippen LogP contribution in [-0.2, 0) is 0 Å². The summed E-state index contributed by atoms with van der Waals surface area (Å²) in [4.78, 5) is 5.63. The molecule has 7 heteroatoms. The molecule has 1 aliphatic carbocycles. The molecule has 0 radical (unpaired) electrons. The maximum atomic E-state index is 14.0. The van der Waals surface area contributed by atoms with Crippen molar-refractivity contribution in [3.8, 4) is 0 Å². The van der Waals surface area contributed by atoms with Crippen molar-refractivity contribution < 1.29 is 13.9 Å². The van der Waals surface area contributed by atoms with Gasteiger partial charge in [0.15, 0.2) is 23.3 Å². The fourth-order valence-electron chi connectivity index (χ4n) is 2.72. The highest BCUT2D eigenvalue weighted by Crippen LogP contribution is 2.29. The molecule has 0 atom stereocenters. The van der Waals surface area contributed by atoms with E-state index in [4.69, 9.17) is 5.84 Å². The topological polar surface area (TPSA) is 74.4 Å². The highest BCUT2D eigenvalue weighted by molar-refractivity contribution is 5.49. The highest BCUT2D eigenvalue weighted by Gasteiger charge is 2.25. The standard InChI is InChI=1S/C13H20F2N4O/c14-10-8-11(15)13(17-12(10)18-16)19(6-7-20)9-4-2-1-3-5-9/h8-9,20H,1-7,16H2,(H,17,18). The van der Waals surface area contributed by atoms with Crippen molar-refractivity contribution >= 4 is 11.6 Å². The minimum atomic E-state index is -0.832. The second kappa shape index (κ2) is 6.81. The number of nitrogens with zero attached hydrogens (tertiary/aromatic N) is 2. The second-order valence-electron chi connectivity index (χ2n) is 4.98. The quantitative estimate of drug-likeness (QED) is 0.568. The Hall–Kier alpha value is -1.47. The molecule has 0 aliphatic heterocycles. The van der Waals surface area contributed by atoms with Crippen molar-refractivity contribution in [1.29, 1.82) is 0 Å². The van der Waals surface area contributed by atoms with Gasteiger partial charge in [0.2, 0.25) is 0 Å². The lowest BCUT2D eigenvalue weighted by atomic mass is 9.94. The number of aliphatic hydroxyl groups is 1. The zero-order valence-corrected chi connectivity index (χ0v) is 11.3. The summed E-state index contributed by atoms with van der Waals surface area (Å²) in [5.41, 5.74) is 2.12. The summed E-state index contributed by atoms with van der Waals surface area (Å²) in [6.07, 6.45) is 5.14. The lowest BCUT2D eigenvalue weighted by Gasteiger charge is -2.35. The van der Waals surface area contributed by atoms with Crippen molar-refractivity contribution in [2.75, 3.05) is 23.5 Å². The number of aliphatic hydroxyl groups excluding tert-OH is 1. The minimum absolute atomic E-state index is 0.0419. The van der Waals surface area contributed by atoms with E-state index in [2.05, 4.69) is 10.4 Å². The number of hydrazine groups is 1. The molecule has 0 amide bonds. The van der Waals surface area contributed by atoms with Crippen LogP contribution in [0.1, 0.15) is 32.1 Å². The molecule has 1 aromatic heterocycles. The van der Waals surface area contributed by atoms with Crippen LogP contribution in [-0.4, -0.2) is 29.3 Å². The lowest BCUT2D eigenvalue weighted by molar-refractivity contribution is 0.288. The van der Waals surface area contributed by atoms with Gasteiger partial charge in [-0.1, -0.05) is 19.3 Å². The van der Waals surface area contributed by atoms with Crippen molar-refractivity contribution in [3.05, 3.63) is 17.7 Å². The maximum Gasteiger partial charge on any atom is 0.178 e. The van der Waals surface area contributed by atoms with E-state index in [0.29, 0.717) is 0 Å². The molecule has 2 rings (SSSR count). The fourth-order valence-corrected chi connectivity index (χ4v) is 2.72. The summed E-state index contributed by atoms with van der Waals surface area (Å²) in [6, 6.07) is 0.888. The molecule has 1 heterocycles. The molecule has 5 nitrogen and oxygen atoms in total. The normalized spacial score (nSPS) is 16.2. The summed E-state index contributed by atoms with van der Waals surface area (Å²) in [5.74, 6) is 3.46. The van der Waals surface area contributed by atoms with Gasteiger partial charge in [0, 0.05) is 18.7 Å². The van der Waals surface area contributed by atoms with E-state index < -0.39 is 11.6 Å². The number of hydrogen-bond acceptors (Lipinski definition) is 5. The Morgan fingerprint density at radius 1 is 1.30 bits per heavy atom. The third kappa shape index (κ3) is 3.16. The molecule has 0 unspecified atom stereocenters. The van der Waals surface area contributed by atoms with Gasteiger partial charge < -0.3 is 15.4 Å². The van der Waals surface area contributed by atoms with E-state index in [1.54, 1.807) is 4.90 Å². The van der Waals surface area contributed by atoms with Crippen LogP contribution < -0.4 is 16.2 Å². The minimum Gasteiger partial charge on any atom is -0.395 e. The number of anilines is 2. The molecular weight excluding hydrogens is 266 g/mol. The molecule has 0 bridgehead atoms. The number of nitrogens with one attached hydrogen (secondary N) is 1. The van der Waals surface area contributed by atoms with Crippen LogP contribution in [0.2, 0.25) is 0 Å². The summed E-state index contributed by atoms with van der Waals surface area (Å²) >= 11 is 0. The SMILES string of the molecule is NNc1nc(N(CCO)C2CCCCC2)c(F)cc1F. The van der Waals surface area contributed by atoms with Gasteiger partial charge in [0.25, 0.3) is 0 Å². The molecule has 0 saturated heterocycles. The second-order valence-corrected chi connectivity index (χ2v) is 4.98. The van der Waals surface area contributed by atoms with E-state index in [-0.39, 0.29) is 30.8 Å². The van der Waals surface area contributed by atoms with Gasteiger partial charge in [0.1, 0.15) is 0 Å². The Morgan fingerprint density at radius 2 is 2.00 bits per heavy atom. The van der Waals surface area contributed by atoms with E-state index >= 15 is 0 Å². The van der Waals surface area contributed by atoms with Gasteiger partial charge in [-0.15, -0.1) is 0 Å². The number of rotatable bonds is 5. The first-order valence-corrected chi connectivity index (χ1v) is 6.87. The Kier molecular flexibility index (Phi) is 5.08. The van der Waals surface area contributed by atoms with Crippen LogP contribution in [0.5, 0.6) is 0 Å². The summed E-state index contributed by atoms with van der Waals surface area (Å²) in [6.45, 7) is 0.157. The Bertz CT molecular complexity index is 452. The molecule has 112 valence electrons. The summed E-state index contributed by atoms with van der Waals surface area (Å²) in [7, 11) is 0. The summed E-state index contributed by atoms with van der Waals surface area (Å²) in [5, 5.41) is 9.19. The van der Waals surface area contributed by atoms with Gasteiger partial charge >= 0.3 is 0 Å². The first-order valence-electron chi connectivity index (χ1n) is 6.87. The van der Waals surface area contributed by atoms with Crippen LogP contribution in [0.15, 0.2) is 6.07 Å². The number of pyridine rings is 1. The van der Waals surface area contributed by atoms with Gasteiger partial charge in [-0.05, 0) is 12.8 Å². The third-order valence-corrected chi connectivity index (χ3v) is 3.68. The number of aromatic nitrogens is 1. The average molecular weight is 286 g/mol. The molecule has 0 aromatic carbocycles. The van der Waals surface area contributed by atoms with Gasteiger partial charge in [-0.3, -0.25) is 0 Å². The van der Waals surface area contributed by atoms with E-state index in [0.717, 1.165) is 31.7 Å². The van der Waals surface area contributed by atoms with Crippen LogP contribution in [0.3, 0.4) is 0 Å². The third-order valence-electron chi connectivity index (χ3n) is 3.68. The van der Waals surface area contributed by atoms with Gasteiger partial charge in [0.05, 0.1) is 6.61 Å². The molecule has 1 saturated carbocycles. The number of hydrogen-bond donors (Lipinski definition) is 3. The van der Waals surface area contributed by atoms with Crippen molar-refractivity contribution in [3.63, 3.8) is 0 Å². The first kappa shape index (κ1) is 14.9. The van der Waals surface area contributed by atoms with Crippen LogP contribution in [0.25, 0.3) is 0 Å². The predicted octanol–water partition coefficient (Wildman–Crippen LogP) is 1.78. The Balaban J connectivity index is 2.32. The Morgan fingerprint density at radius 3 is 2.60 bits per heavy atom. The molecule has 0 spiro atoms. The number of nitrogens with two attached hydrogens (primary N) is 1. The zero-order chi connectivity index (χ0) is 14.5. The molecule has 4 N–H and O–H groups in total. The van der Waals surface area contributed by atoms with Crippen LogP contribution >= 0.6 is 0 Å². The number of nitrogen functional groups attached to an aromatic ring is 1. The summed E-state index contributed by atoms with van der Waals surface area (Å²) < 4.78 is 27.4. The van der Waals surface area contributed by atoms with E-state index in [1.807, 2.05) is 0 Å². The molecule has 1 aromatic rings. The predicted molar refractivity (Wildman–Crippen MR) is 73.3 cm³/mol. The molecule has 20 heavy (non-hydrogen) atoms. The van der Waals surface area contributed by atoms with E-state index in [9.17, 15) is 13.9 Å². The van der Waals surface area contributed by atoms with Gasteiger partial charge in [-0.2, -0.15) is 0 Å². The van der Waals surface area contributed by atoms with Crippen LogP contribution in [0, 0.1) is 11.6 Å². The monoisotopic (exact) mass is 286 g/mol. The first-order chi connectivity index (χ1) is 9.67. The van der Waals surface area contributed by atoms with Crippen molar-refractivity contribution in [2.24, 2.45) is 5.84 Å². The lowest BCUT2D eigenvalue weighted by Crippen LogP contribution is -2.40. The fraction of sp³-hybridized carbons (Fsp3) is 0.615. The van der Waals surface area contributed by atoms with Gasteiger partial charge in [-0.25, -0.2) is 19.6 Å². The number of halogens is 2. The molecule has 1 fully saturated rings. The molecule has 1 aliphatic rings. The highest BCUT2D eigenvalue weighted by atomic mass is 19.1. The zero-order valence-electron chi connectivity index (χ0n) is 11.3. The molecular formula is C13H20F2N4O. The smallest absolute Gasteiger partial charge is 0.178 e. The van der Waals surface area contributed by atoms with Crippen molar-refractivity contribution in [2.45, 2.75) is 38.1 Å². The van der Waals surface area contributed by atoms with Crippen LogP contribution in [0.4, 0.5) is 20.4 Å². The maximum absolute atomic E-state index is 14.0. The Labute approximate surface area is 116 Å². The average Bonchev–Trinajstić information content (AvgIpc) is 2.46.